The summed E-state index contributed by atoms with van der Waals surface area (Å²) < 4.78 is 5.14. The maximum absolute atomic E-state index is 12.2. The summed E-state index contributed by atoms with van der Waals surface area (Å²) in [6.07, 6.45) is 0.732. The second kappa shape index (κ2) is 8.99. The number of nitrogens with one attached hydrogen (secondary N) is 2. The summed E-state index contributed by atoms with van der Waals surface area (Å²) >= 11 is 0. The molecule has 0 unspecified atom stereocenters. The Kier molecular flexibility index (Phi) is 6.22. The molecule has 3 rings (SSSR count). The van der Waals surface area contributed by atoms with Crippen LogP contribution in [0.4, 0.5) is 11.5 Å². The van der Waals surface area contributed by atoms with E-state index in [1.54, 1.807) is 19.2 Å². The van der Waals surface area contributed by atoms with Gasteiger partial charge in [-0.1, -0.05) is 18.2 Å². The molecule has 0 saturated heterocycles. The third-order valence-electron chi connectivity index (χ3n) is 4.53. The lowest BCUT2D eigenvalue weighted by Crippen LogP contribution is -2.26. The second-order valence-corrected chi connectivity index (χ2v) is 6.58. The van der Waals surface area contributed by atoms with E-state index in [1.165, 1.54) is 11.1 Å². The molecule has 1 amide bonds. The number of methoxy groups -OCH3 is 1. The highest BCUT2D eigenvalue weighted by Crippen LogP contribution is 2.18. The van der Waals surface area contributed by atoms with E-state index in [-0.39, 0.29) is 5.91 Å². The van der Waals surface area contributed by atoms with Crippen molar-refractivity contribution in [3.8, 4) is 5.75 Å². The van der Waals surface area contributed by atoms with E-state index >= 15 is 0 Å². The first-order chi connectivity index (χ1) is 13.5. The first-order valence-electron chi connectivity index (χ1n) is 9.14. The number of hydrogen-bond acceptors (Lipinski definition) is 5. The van der Waals surface area contributed by atoms with Gasteiger partial charge >= 0.3 is 0 Å². The fourth-order valence-electron chi connectivity index (χ4n) is 2.69. The highest BCUT2D eigenvalue weighted by molar-refractivity contribution is 5.92. The van der Waals surface area contributed by atoms with Crippen molar-refractivity contribution in [2.24, 2.45) is 0 Å². The van der Waals surface area contributed by atoms with E-state index in [4.69, 9.17) is 4.74 Å². The molecule has 2 aromatic carbocycles. The fourth-order valence-corrected chi connectivity index (χ4v) is 2.69. The van der Waals surface area contributed by atoms with Crippen LogP contribution in [0, 0.1) is 13.8 Å². The van der Waals surface area contributed by atoms with Gasteiger partial charge in [0.2, 0.25) is 0 Å². The number of carbonyl (C=O) groups excluding carboxylic acids is 1. The molecular formula is C22H24N4O2. The number of aromatic nitrogens is 2. The van der Waals surface area contributed by atoms with Crippen LogP contribution in [0.15, 0.2) is 54.6 Å². The molecule has 0 spiro atoms. The predicted octanol–water partition coefficient (Wildman–Crippen LogP) is 3.82. The average Bonchev–Trinajstić information content (AvgIpc) is 2.72. The summed E-state index contributed by atoms with van der Waals surface area (Å²) in [7, 11) is 1.64. The molecule has 0 fully saturated rings. The monoisotopic (exact) mass is 376 g/mol. The Bertz CT molecular complexity index is 938. The largest absolute Gasteiger partial charge is 0.497 e. The van der Waals surface area contributed by atoms with Crippen LogP contribution < -0.4 is 15.4 Å². The van der Waals surface area contributed by atoms with Crippen LogP contribution in [0.1, 0.15) is 27.2 Å². The Morgan fingerprint density at radius 3 is 2.39 bits per heavy atom. The van der Waals surface area contributed by atoms with E-state index in [9.17, 15) is 4.79 Å². The van der Waals surface area contributed by atoms with Gasteiger partial charge in [-0.15, -0.1) is 10.2 Å². The molecule has 6 heteroatoms. The molecule has 6 nitrogen and oxygen atoms in total. The number of hydrogen-bond donors (Lipinski definition) is 2. The molecule has 1 aromatic heterocycles. The van der Waals surface area contributed by atoms with Gasteiger partial charge in [0.05, 0.1) is 7.11 Å². The van der Waals surface area contributed by atoms with Gasteiger partial charge in [-0.3, -0.25) is 4.79 Å². The topological polar surface area (TPSA) is 76.1 Å². The van der Waals surface area contributed by atoms with Crippen molar-refractivity contribution in [1.29, 1.82) is 0 Å². The van der Waals surface area contributed by atoms with Gasteiger partial charge in [0.15, 0.2) is 11.5 Å². The molecule has 0 aliphatic carbocycles. The number of ether oxygens (including phenoxy) is 1. The Labute approximate surface area is 165 Å². The van der Waals surface area contributed by atoms with Gasteiger partial charge in [-0.2, -0.15) is 0 Å². The van der Waals surface area contributed by atoms with Crippen LogP contribution in [-0.4, -0.2) is 29.8 Å². The first-order valence-corrected chi connectivity index (χ1v) is 9.14. The normalized spacial score (nSPS) is 10.4. The number of aryl methyl sites for hydroxylation is 2. The lowest BCUT2D eigenvalue weighted by molar-refractivity contribution is 0.0948. The van der Waals surface area contributed by atoms with Crippen molar-refractivity contribution in [1.82, 2.24) is 15.5 Å². The molecule has 2 N–H and O–H groups in total. The smallest absolute Gasteiger partial charge is 0.271 e. The number of anilines is 2. The summed E-state index contributed by atoms with van der Waals surface area (Å²) in [5.41, 5.74) is 4.79. The van der Waals surface area contributed by atoms with Crippen molar-refractivity contribution in [3.63, 3.8) is 0 Å². The van der Waals surface area contributed by atoms with Crippen LogP contribution in [-0.2, 0) is 6.42 Å². The molecule has 144 valence electrons. The molecule has 0 bridgehead atoms. The van der Waals surface area contributed by atoms with Gasteiger partial charge in [0.1, 0.15) is 5.75 Å². The van der Waals surface area contributed by atoms with E-state index in [0.717, 1.165) is 23.4 Å². The quantitative estimate of drug-likeness (QED) is 0.656. The Hall–Kier alpha value is -3.41. The van der Waals surface area contributed by atoms with Crippen molar-refractivity contribution >= 4 is 17.4 Å². The van der Waals surface area contributed by atoms with Crippen molar-refractivity contribution in [2.75, 3.05) is 19.0 Å². The van der Waals surface area contributed by atoms with Crippen molar-refractivity contribution < 1.29 is 9.53 Å². The Morgan fingerprint density at radius 1 is 0.964 bits per heavy atom. The average molecular weight is 376 g/mol. The molecule has 0 atom stereocenters. The van der Waals surface area contributed by atoms with E-state index in [1.807, 2.05) is 30.3 Å². The highest BCUT2D eigenvalue weighted by atomic mass is 16.5. The number of nitrogens with zero attached hydrogens (tertiary/aromatic N) is 2. The predicted molar refractivity (Wildman–Crippen MR) is 110 cm³/mol. The lowest BCUT2D eigenvalue weighted by Gasteiger charge is -2.08. The molecular weight excluding hydrogens is 352 g/mol. The zero-order chi connectivity index (χ0) is 19.9. The van der Waals surface area contributed by atoms with Crippen molar-refractivity contribution in [3.05, 3.63) is 77.0 Å². The minimum Gasteiger partial charge on any atom is -0.497 e. The lowest BCUT2D eigenvalue weighted by atomic mass is 10.1. The number of benzene rings is 2. The van der Waals surface area contributed by atoms with E-state index in [2.05, 4.69) is 46.8 Å². The van der Waals surface area contributed by atoms with E-state index < -0.39 is 0 Å². The van der Waals surface area contributed by atoms with Crippen molar-refractivity contribution in [2.45, 2.75) is 20.3 Å². The standard InChI is InChI=1S/C22H24N4O2/c1-15-4-7-18(14-16(15)2)24-21-11-10-20(25-26-21)22(27)23-13-12-17-5-8-19(28-3)9-6-17/h4-11,14H,12-13H2,1-3H3,(H,23,27)(H,24,26). The summed E-state index contributed by atoms with van der Waals surface area (Å²) in [5.74, 6) is 1.18. The fraction of sp³-hybridized carbons (Fsp3) is 0.227. The molecule has 28 heavy (non-hydrogen) atoms. The molecule has 0 aliphatic heterocycles. The number of amides is 1. The maximum atomic E-state index is 12.2. The highest BCUT2D eigenvalue weighted by Gasteiger charge is 2.08. The molecule has 0 radical (unpaired) electrons. The van der Waals surface area contributed by atoms with Crippen LogP contribution in [0.5, 0.6) is 5.75 Å². The number of carbonyl (C=O) groups is 1. The molecule has 3 aromatic rings. The minimum absolute atomic E-state index is 0.237. The Morgan fingerprint density at radius 2 is 1.75 bits per heavy atom. The summed E-state index contributed by atoms with van der Waals surface area (Å²) in [4.78, 5) is 12.2. The molecule has 1 heterocycles. The zero-order valence-corrected chi connectivity index (χ0v) is 16.3. The van der Waals surface area contributed by atoms with Gasteiger partial charge in [-0.25, -0.2) is 0 Å². The number of rotatable bonds is 7. The Balaban J connectivity index is 1.52. The first kappa shape index (κ1) is 19.4. The van der Waals surface area contributed by atoms with Crippen LogP contribution in [0.2, 0.25) is 0 Å². The SMILES string of the molecule is COc1ccc(CCNC(=O)c2ccc(Nc3ccc(C)c(C)c3)nn2)cc1. The van der Waals surface area contributed by atoms with Gasteiger partial charge in [-0.05, 0) is 73.4 Å². The minimum atomic E-state index is -0.237. The summed E-state index contributed by atoms with van der Waals surface area (Å²) in [6, 6.07) is 17.3. The van der Waals surface area contributed by atoms with Crippen LogP contribution >= 0.6 is 0 Å². The van der Waals surface area contributed by atoms with E-state index in [0.29, 0.717) is 18.1 Å². The summed E-state index contributed by atoms with van der Waals surface area (Å²) in [6.45, 7) is 4.65. The van der Waals surface area contributed by atoms with Gasteiger partial charge in [0.25, 0.3) is 5.91 Å². The second-order valence-electron chi connectivity index (χ2n) is 6.58. The summed E-state index contributed by atoms with van der Waals surface area (Å²) in [5, 5.41) is 14.2. The zero-order valence-electron chi connectivity index (χ0n) is 16.3. The van der Waals surface area contributed by atoms with Gasteiger partial charge in [0, 0.05) is 12.2 Å². The third-order valence-corrected chi connectivity index (χ3v) is 4.53. The molecule has 0 saturated carbocycles. The molecule has 0 aliphatic rings. The third kappa shape index (κ3) is 5.07. The maximum Gasteiger partial charge on any atom is 0.271 e. The van der Waals surface area contributed by atoms with Crippen LogP contribution in [0.3, 0.4) is 0 Å². The van der Waals surface area contributed by atoms with Gasteiger partial charge < -0.3 is 15.4 Å². The van der Waals surface area contributed by atoms with Crippen LogP contribution in [0.25, 0.3) is 0 Å².